The van der Waals surface area contributed by atoms with Gasteiger partial charge >= 0.3 is 0 Å². The third-order valence-corrected chi connectivity index (χ3v) is 6.44. The SMILES string of the molecule is Cc1cc(C)cc(CS(=O)CC(=O)c2cc(Br)sc2Br)c1. The average molecular weight is 450 g/mol. The molecule has 0 aliphatic carbocycles. The number of Topliss-reactive ketones (excluding diaryl/α,β-unsaturated/α-hetero) is 1. The van der Waals surface area contributed by atoms with Crippen molar-refractivity contribution in [3.63, 3.8) is 0 Å². The number of carbonyl (C=O) groups is 1. The molecule has 0 fully saturated rings. The van der Waals surface area contributed by atoms with Gasteiger partial charge in [-0.2, -0.15) is 0 Å². The van der Waals surface area contributed by atoms with Gasteiger partial charge in [0.15, 0.2) is 5.78 Å². The minimum Gasteiger partial charge on any atom is -0.293 e. The Morgan fingerprint density at radius 3 is 2.29 bits per heavy atom. The van der Waals surface area contributed by atoms with Gasteiger partial charge in [0, 0.05) is 22.1 Å². The van der Waals surface area contributed by atoms with Gasteiger partial charge in [0.25, 0.3) is 0 Å². The zero-order chi connectivity index (χ0) is 15.6. The summed E-state index contributed by atoms with van der Waals surface area (Å²) in [6.45, 7) is 4.04. The van der Waals surface area contributed by atoms with Crippen molar-refractivity contribution in [1.29, 1.82) is 0 Å². The van der Waals surface area contributed by atoms with Crippen molar-refractivity contribution in [1.82, 2.24) is 0 Å². The lowest BCUT2D eigenvalue weighted by atomic mass is 10.1. The number of aryl methyl sites for hydroxylation is 2. The number of thiophene rings is 1. The zero-order valence-corrected chi connectivity index (χ0v) is 16.4. The minimum absolute atomic E-state index is 0.0504. The Bertz CT molecular complexity index is 687. The molecule has 6 heteroatoms. The number of benzene rings is 1. The summed E-state index contributed by atoms with van der Waals surface area (Å²) in [5.41, 5.74) is 3.92. The third-order valence-electron chi connectivity index (χ3n) is 2.86. The molecule has 0 bridgehead atoms. The van der Waals surface area contributed by atoms with Crippen LogP contribution in [0.2, 0.25) is 0 Å². The molecule has 1 heterocycles. The summed E-state index contributed by atoms with van der Waals surface area (Å²) in [5, 5.41) is 0. The van der Waals surface area contributed by atoms with E-state index in [1.54, 1.807) is 6.07 Å². The molecule has 2 aromatic rings. The van der Waals surface area contributed by atoms with Gasteiger partial charge in [-0.25, -0.2) is 0 Å². The first-order chi connectivity index (χ1) is 9.85. The normalized spacial score (nSPS) is 12.4. The topological polar surface area (TPSA) is 34.1 Å². The molecule has 0 radical (unpaired) electrons. The van der Waals surface area contributed by atoms with Crippen LogP contribution >= 0.6 is 43.2 Å². The Morgan fingerprint density at radius 1 is 1.14 bits per heavy atom. The van der Waals surface area contributed by atoms with Gasteiger partial charge in [-0.15, -0.1) is 11.3 Å². The van der Waals surface area contributed by atoms with Crippen LogP contribution in [0, 0.1) is 13.8 Å². The number of hydrogen-bond acceptors (Lipinski definition) is 3. The molecule has 0 saturated carbocycles. The fourth-order valence-electron chi connectivity index (χ4n) is 2.14. The van der Waals surface area contributed by atoms with Crippen molar-refractivity contribution in [2.75, 3.05) is 5.75 Å². The van der Waals surface area contributed by atoms with Crippen LogP contribution in [-0.4, -0.2) is 15.7 Å². The van der Waals surface area contributed by atoms with E-state index in [-0.39, 0.29) is 11.5 Å². The van der Waals surface area contributed by atoms with Gasteiger partial charge < -0.3 is 0 Å². The van der Waals surface area contributed by atoms with Gasteiger partial charge in [-0.05, 0) is 57.3 Å². The average Bonchev–Trinajstić information content (AvgIpc) is 2.66. The van der Waals surface area contributed by atoms with E-state index in [0.717, 1.165) is 24.3 Å². The number of rotatable bonds is 5. The number of halogens is 2. The molecule has 1 aromatic heterocycles. The van der Waals surface area contributed by atoms with Crippen LogP contribution in [0.25, 0.3) is 0 Å². The Labute approximate surface area is 147 Å². The highest BCUT2D eigenvalue weighted by atomic mass is 79.9. The second-order valence-electron chi connectivity index (χ2n) is 4.89. The molecule has 2 rings (SSSR count). The second-order valence-corrected chi connectivity index (χ2v) is 10.1. The second kappa shape index (κ2) is 7.31. The van der Waals surface area contributed by atoms with E-state index in [2.05, 4.69) is 37.9 Å². The molecule has 0 aliphatic heterocycles. The molecule has 0 N–H and O–H groups in total. The summed E-state index contributed by atoms with van der Waals surface area (Å²) in [4.78, 5) is 12.2. The summed E-state index contributed by atoms with van der Waals surface area (Å²) in [6, 6.07) is 7.89. The molecule has 0 saturated heterocycles. The standard InChI is InChI=1S/C15H14Br2O2S2/c1-9-3-10(2)5-11(4-9)7-21(19)8-13(18)12-6-14(16)20-15(12)17/h3-6H,7-8H2,1-2H3. The predicted octanol–water partition coefficient (Wildman–Crippen LogP) is 5.02. The van der Waals surface area contributed by atoms with Gasteiger partial charge in [0.1, 0.15) is 0 Å². The van der Waals surface area contributed by atoms with E-state index in [0.29, 0.717) is 11.3 Å². The van der Waals surface area contributed by atoms with Crippen LogP contribution in [-0.2, 0) is 16.6 Å². The highest BCUT2D eigenvalue weighted by Gasteiger charge is 2.16. The van der Waals surface area contributed by atoms with Crippen molar-refractivity contribution < 1.29 is 9.00 Å². The van der Waals surface area contributed by atoms with Crippen molar-refractivity contribution in [2.45, 2.75) is 19.6 Å². The van der Waals surface area contributed by atoms with Crippen molar-refractivity contribution in [3.8, 4) is 0 Å². The van der Waals surface area contributed by atoms with E-state index in [4.69, 9.17) is 0 Å². The maximum atomic E-state index is 12.2. The molecule has 112 valence electrons. The first-order valence-electron chi connectivity index (χ1n) is 6.25. The Kier molecular flexibility index (Phi) is 5.94. The molecule has 1 aromatic carbocycles. The summed E-state index contributed by atoms with van der Waals surface area (Å²) in [6.07, 6.45) is 0. The first kappa shape index (κ1) is 17.1. The fraction of sp³-hybridized carbons (Fsp3) is 0.267. The molecule has 2 nitrogen and oxygen atoms in total. The van der Waals surface area contributed by atoms with E-state index in [1.807, 2.05) is 26.0 Å². The molecule has 1 unspecified atom stereocenters. The summed E-state index contributed by atoms with van der Waals surface area (Å²) in [5.74, 6) is 0.373. The quantitative estimate of drug-likeness (QED) is 0.600. The van der Waals surface area contributed by atoms with Crippen LogP contribution < -0.4 is 0 Å². The maximum absolute atomic E-state index is 12.2. The van der Waals surface area contributed by atoms with Gasteiger partial charge in [0.2, 0.25) is 0 Å². The van der Waals surface area contributed by atoms with Gasteiger partial charge in [-0.3, -0.25) is 9.00 Å². The molecular formula is C15H14Br2O2S2. The highest BCUT2D eigenvalue weighted by molar-refractivity contribution is 9.12. The number of carbonyl (C=O) groups excluding carboxylic acids is 1. The summed E-state index contributed by atoms with van der Waals surface area (Å²) >= 11 is 8.16. The lowest BCUT2D eigenvalue weighted by molar-refractivity contribution is 0.102. The molecule has 0 amide bonds. The smallest absolute Gasteiger partial charge is 0.177 e. The highest BCUT2D eigenvalue weighted by Crippen LogP contribution is 2.32. The Hall–Kier alpha value is -0.300. The van der Waals surface area contributed by atoms with Crippen LogP contribution in [0.3, 0.4) is 0 Å². The predicted molar refractivity (Wildman–Crippen MR) is 96.7 cm³/mol. The van der Waals surface area contributed by atoms with Crippen LogP contribution in [0.15, 0.2) is 31.8 Å². The van der Waals surface area contributed by atoms with Gasteiger partial charge in [0.05, 0.1) is 13.3 Å². The molecular weight excluding hydrogens is 436 g/mol. The minimum atomic E-state index is -1.20. The lowest BCUT2D eigenvalue weighted by Crippen LogP contribution is -2.12. The Morgan fingerprint density at radius 2 is 1.76 bits per heavy atom. The molecule has 0 spiro atoms. The van der Waals surface area contributed by atoms with Gasteiger partial charge in [-0.1, -0.05) is 29.3 Å². The van der Waals surface area contributed by atoms with Crippen LogP contribution in [0.1, 0.15) is 27.0 Å². The largest absolute Gasteiger partial charge is 0.293 e. The number of hydrogen-bond donors (Lipinski definition) is 0. The summed E-state index contributed by atoms with van der Waals surface area (Å²) in [7, 11) is -1.20. The fourth-order valence-corrected chi connectivity index (χ4v) is 6.09. The third kappa shape index (κ3) is 4.84. The zero-order valence-electron chi connectivity index (χ0n) is 11.6. The lowest BCUT2D eigenvalue weighted by Gasteiger charge is -2.05. The van der Waals surface area contributed by atoms with E-state index >= 15 is 0 Å². The van der Waals surface area contributed by atoms with E-state index < -0.39 is 10.8 Å². The van der Waals surface area contributed by atoms with Crippen molar-refractivity contribution >= 4 is 59.8 Å². The maximum Gasteiger partial charge on any atom is 0.177 e. The van der Waals surface area contributed by atoms with Crippen molar-refractivity contribution in [3.05, 3.63) is 54.1 Å². The van der Waals surface area contributed by atoms with Crippen LogP contribution in [0.5, 0.6) is 0 Å². The Balaban J connectivity index is 2.04. The molecule has 1 atom stereocenters. The van der Waals surface area contributed by atoms with Crippen molar-refractivity contribution in [2.24, 2.45) is 0 Å². The molecule has 21 heavy (non-hydrogen) atoms. The number of ketones is 1. The monoisotopic (exact) mass is 448 g/mol. The van der Waals surface area contributed by atoms with E-state index in [1.165, 1.54) is 11.3 Å². The first-order valence-corrected chi connectivity index (χ1v) is 10.1. The molecule has 0 aliphatic rings. The van der Waals surface area contributed by atoms with E-state index in [9.17, 15) is 9.00 Å². The summed E-state index contributed by atoms with van der Waals surface area (Å²) < 4.78 is 13.9. The van der Waals surface area contributed by atoms with Crippen LogP contribution in [0.4, 0.5) is 0 Å².